The summed E-state index contributed by atoms with van der Waals surface area (Å²) in [5.74, 6) is -0.395. The molecule has 0 heterocycles. The molecule has 0 aliphatic rings. The maximum Gasteiger partial charge on any atom is 0.330 e. The molecule has 0 fully saturated rings. The van der Waals surface area contributed by atoms with Crippen LogP contribution in [0.2, 0.25) is 0 Å². The largest absolute Gasteiger partial charge is 0.461 e. The molecule has 2 aromatic carbocycles. The quantitative estimate of drug-likeness (QED) is 0.597. The van der Waals surface area contributed by atoms with Crippen LogP contribution in [0.5, 0.6) is 0 Å². The molecule has 0 spiro atoms. The molecule has 0 amide bonds. The van der Waals surface area contributed by atoms with E-state index in [1.165, 1.54) is 17.2 Å². The molecule has 0 bridgehead atoms. The van der Waals surface area contributed by atoms with Gasteiger partial charge in [-0.25, -0.2) is 4.79 Å². The van der Waals surface area contributed by atoms with E-state index >= 15 is 0 Å². The van der Waals surface area contributed by atoms with Crippen LogP contribution >= 0.6 is 0 Å². The molecule has 3 heteroatoms. The first kappa shape index (κ1) is 17.0. The highest BCUT2D eigenvalue weighted by Gasteiger charge is 2.12. The van der Waals surface area contributed by atoms with E-state index in [2.05, 4.69) is 60.4 Å². The van der Waals surface area contributed by atoms with E-state index in [1.807, 2.05) is 13.0 Å². The minimum Gasteiger partial charge on any atom is -0.461 e. The van der Waals surface area contributed by atoms with Crippen LogP contribution in [0, 0.1) is 0 Å². The SMILES string of the molecule is C=CC(=O)OCC(NCC)c1ccc(Cc2ccccc2)cc1. The lowest BCUT2D eigenvalue weighted by Crippen LogP contribution is -2.26. The maximum atomic E-state index is 11.2. The Morgan fingerprint density at radius 2 is 1.78 bits per heavy atom. The number of benzene rings is 2. The second kappa shape index (κ2) is 8.91. The van der Waals surface area contributed by atoms with E-state index in [9.17, 15) is 4.79 Å². The molecule has 2 rings (SSSR count). The molecular formula is C20H23NO2. The van der Waals surface area contributed by atoms with Gasteiger partial charge in [-0.1, -0.05) is 68.1 Å². The van der Waals surface area contributed by atoms with Crippen molar-refractivity contribution in [1.82, 2.24) is 5.32 Å². The highest BCUT2D eigenvalue weighted by molar-refractivity contribution is 5.81. The monoisotopic (exact) mass is 309 g/mol. The molecule has 0 aromatic heterocycles. The van der Waals surface area contributed by atoms with Crippen LogP contribution in [0.3, 0.4) is 0 Å². The summed E-state index contributed by atoms with van der Waals surface area (Å²) in [5, 5.41) is 3.34. The van der Waals surface area contributed by atoms with Crippen molar-refractivity contribution in [2.24, 2.45) is 0 Å². The molecule has 3 nitrogen and oxygen atoms in total. The van der Waals surface area contributed by atoms with E-state index in [1.54, 1.807) is 0 Å². The number of carbonyl (C=O) groups excluding carboxylic acids is 1. The summed E-state index contributed by atoms with van der Waals surface area (Å²) < 4.78 is 5.17. The van der Waals surface area contributed by atoms with E-state index in [0.29, 0.717) is 6.61 Å². The average molecular weight is 309 g/mol. The lowest BCUT2D eigenvalue weighted by Gasteiger charge is -2.18. The normalized spacial score (nSPS) is 11.7. The van der Waals surface area contributed by atoms with E-state index in [4.69, 9.17) is 4.74 Å². The van der Waals surface area contributed by atoms with Crippen molar-refractivity contribution < 1.29 is 9.53 Å². The second-order valence-electron chi connectivity index (χ2n) is 5.35. The molecule has 120 valence electrons. The fourth-order valence-corrected chi connectivity index (χ4v) is 2.44. The van der Waals surface area contributed by atoms with Crippen molar-refractivity contribution in [2.45, 2.75) is 19.4 Å². The highest BCUT2D eigenvalue weighted by Crippen LogP contribution is 2.17. The zero-order valence-corrected chi connectivity index (χ0v) is 13.5. The summed E-state index contributed by atoms with van der Waals surface area (Å²) in [6.07, 6.45) is 2.10. The lowest BCUT2D eigenvalue weighted by atomic mass is 10.0. The molecule has 0 aliphatic heterocycles. The Bertz CT molecular complexity index is 620. The third kappa shape index (κ3) is 5.38. The Balaban J connectivity index is 2.02. The molecule has 2 aromatic rings. The molecule has 0 saturated carbocycles. The number of hydrogen-bond acceptors (Lipinski definition) is 3. The minimum absolute atomic E-state index is 0.00493. The van der Waals surface area contributed by atoms with Crippen molar-refractivity contribution in [2.75, 3.05) is 13.2 Å². The predicted molar refractivity (Wildman–Crippen MR) is 93.3 cm³/mol. The number of nitrogens with one attached hydrogen (secondary N) is 1. The van der Waals surface area contributed by atoms with Crippen LogP contribution in [0.25, 0.3) is 0 Å². The van der Waals surface area contributed by atoms with E-state index in [-0.39, 0.29) is 6.04 Å². The summed E-state index contributed by atoms with van der Waals surface area (Å²) in [7, 11) is 0. The van der Waals surface area contributed by atoms with E-state index < -0.39 is 5.97 Å². The smallest absolute Gasteiger partial charge is 0.330 e. The van der Waals surface area contributed by atoms with Crippen molar-refractivity contribution in [3.8, 4) is 0 Å². The van der Waals surface area contributed by atoms with Crippen molar-refractivity contribution in [1.29, 1.82) is 0 Å². The van der Waals surface area contributed by atoms with E-state index in [0.717, 1.165) is 18.5 Å². The van der Waals surface area contributed by atoms with Gasteiger partial charge in [0.15, 0.2) is 0 Å². The number of carbonyl (C=O) groups is 1. The first-order valence-electron chi connectivity index (χ1n) is 7.88. The number of ether oxygens (including phenoxy) is 1. The van der Waals surface area contributed by atoms with Gasteiger partial charge in [0.2, 0.25) is 0 Å². The third-order valence-corrected chi connectivity index (χ3v) is 3.64. The molecule has 23 heavy (non-hydrogen) atoms. The van der Waals surface area contributed by atoms with Crippen LogP contribution in [-0.4, -0.2) is 19.1 Å². The number of esters is 1. The average Bonchev–Trinajstić information content (AvgIpc) is 2.60. The number of rotatable bonds is 8. The summed E-state index contributed by atoms with van der Waals surface area (Å²) in [5.41, 5.74) is 3.67. The molecule has 0 radical (unpaired) electrons. The van der Waals surface area contributed by atoms with Gasteiger partial charge in [0.25, 0.3) is 0 Å². The first-order chi connectivity index (χ1) is 11.2. The molecule has 0 aliphatic carbocycles. The Hall–Kier alpha value is -2.39. The van der Waals surface area contributed by atoms with Gasteiger partial charge < -0.3 is 10.1 Å². The summed E-state index contributed by atoms with van der Waals surface area (Å²) >= 11 is 0. The second-order valence-corrected chi connectivity index (χ2v) is 5.35. The topological polar surface area (TPSA) is 38.3 Å². The van der Waals surface area contributed by atoms with Crippen LogP contribution in [0.1, 0.15) is 29.7 Å². The van der Waals surface area contributed by atoms with Gasteiger partial charge in [-0.3, -0.25) is 0 Å². The fourth-order valence-electron chi connectivity index (χ4n) is 2.44. The molecule has 1 N–H and O–H groups in total. The predicted octanol–water partition coefficient (Wildman–Crippen LogP) is 3.66. The molecule has 0 saturated heterocycles. The van der Waals surface area contributed by atoms with Crippen molar-refractivity contribution in [3.05, 3.63) is 83.9 Å². The lowest BCUT2D eigenvalue weighted by molar-refractivity contribution is -0.138. The van der Waals surface area contributed by atoms with Crippen LogP contribution in [0.15, 0.2) is 67.3 Å². The molecule has 1 atom stereocenters. The third-order valence-electron chi connectivity index (χ3n) is 3.64. The van der Waals surface area contributed by atoms with Gasteiger partial charge in [-0.2, -0.15) is 0 Å². The minimum atomic E-state index is -0.395. The van der Waals surface area contributed by atoms with Crippen molar-refractivity contribution in [3.63, 3.8) is 0 Å². The summed E-state index contributed by atoms with van der Waals surface area (Å²) in [6, 6.07) is 18.8. The highest BCUT2D eigenvalue weighted by atomic mass is 16.5. The van der Waals surface area contributed by atoms with Crippen LogP contribution in [-0.2, 0) is 16.0 Å². The van der Waals surface area contributed by atoms with Gasteiger partial charge in [0.1, 0.15) is 6.61 Å². The molecular weight excluding hydrogens is 286 g/mol. The Morgan fingerprint density at radius 3 is 2.39 bits per heavy atom. The van der Waals surface area contributed by atoms with Gasteiger partial charge in [0, 0.05) is 6.08 Å². The number of hydrogen-bond donors (Lipinski definition) is 1. The molecule has 1 unspecified atom stereocenters. The maximum absolute atomic E-state index is 11.2. The number of likely N-dealkylation sites (N-methyl/N-ethyl adjacent to an activating group) is 1. The Morgan fingerprint density at radius 1 is 1.13 bits per heavy atom. The van der Waals surface area contributed by atoms with Gasteiger partial charge >= 0.3 is 5.97 Å². The van der Waals surface area contributed by atoms with Crippen molar-refractivity contribution >= 4 is 5.97 Å². The summed E-state index contributed by atoms with van der Waals surface area (Å²) in [4.78, 5) is 11.2. The fraction of sp³-hybridized carbons (Fsp3) is 0.250. The van der Waals surface area contributed by atoms with Crippen LogP contribution < -0.4 is 5.32 Å². The summed E-state index contributed by atoms with van der Waals surface area (Å²) in [6.45, 7) is 6.56. The standard InChI is InChI=1S/C20H23NO2/c1-3-20(22)23-15-19(21-4-2)18-12-10-17(11-13-18)14-16-8-6-5-7-9-16/h3,5-13,19,21H,1,4,14-15H2,2H3. The van der Waals surface area contributed by atoms with Crippen LogP contribution in [0.4, 0.5) is 0 Å². The Kier molecular flexibility index (Phi) is 6.57. The Labute approximate surface area is 138 Å². The van der Waals surface area contributed by atoms with Gasteiger partial charge in [0.05, 0.1) is 6.04 Å². The zero-order chi connectivity index (χ0) is 16.5. The zero-order valence-electron chi connectivity index (χ0n) is 13.5. The van der Waals surface area contributed by atoms with Gasteiger partial charge in [-0.05, 0) is 29.7 Å². The van der Waals surface area contributed by atoms with Gasteiger partial charge in [-0.15, -0.1) is 0 Å². The first-order valence-corrected chi connectivity index (χ1v) is 7.88.